The standard InChI is InChI=1S/C14H24N2S2/c1-11-13(18-12(2)16-11)9-15-10-14(17-3)7-5-4-6-8-14/h15H,4-10H2,1-3H3. The van der Waals surface area contributed by atoms with Gasteiger partial charge in [0.15, 0.2) is 0 Å². The molecule has 1 aromatic heterocycles. The molecule has 102 valence electrons. The first kappa shape index (κ1) is 14.4. The van der Waals surface area contributed by atoms with E-state index >= 15 is 0 Å². The second-order valence-electron chi connectivity index (χ2n) is 5.29. The van der Waals surface area contributed by atoms with E-state index in [-0.39, 0.29) is 0 Å². The van der Waals surface area contributed by atoms with Crippen molar-refractivity contribution in [3.63, 3.8) is 0 Å². The Morgan fingerprint density at radius 2 is 2.00 bits per heavy atom. The minimum Gasteiger partial charge on any atom is -0.310 e. The highest BCUT2D eigenvalue weighted by Crippen LogP contribution is 2.38. The maximum Gasteiger partial charge on any atom is 0.0900 e. The van der Waals surface area contributed by atoms with E-state index in [2.05, 4.69) is 42.2 Å². The van der Waals surface area contributed by atoms with Crippen LogP contribution < -0.4 is 5.32 Å². The summed E-state index contributed by atoms with van der Waals surface area (Å²) in [6.07, 6.45) is 9.26. The van der Waals surface area contributed by atoms with Crippen LogP contribution in [0.2, 0.25) is 0 Å². The normalized spacial score (nSPS) is 19.1. The van der Waals surface area contributed by atoms with Crippen molar-refractivity contribution in [2.45, 2.75) is 57.2 Å². The molecule has 0 radical (unpaired) electrons. The number of rotatable bonds is 5. The predicted octanol–water partition coefficient (Wildman–Crippen LogP) is 3.92. The molecule has 1 aromatic rings. The third-order valence-corrected chi connectivity index (χ3v) is 6.42. The van der Waals surface area contributed by atoms with Gasteiger partial charge in [0.1, 0.15) is 0 Å². The van der Waals surface area contributed by atoms with Crippen LogP contribution in [0.25, 0.3) is 0 Å². The quantitative estimate of drug-likeness (QED) is 0.887. The number of thioether (sulfide) groups is 1. The zero-order valence-corrected chi connectivity index (χ0v) is 13.3. The summed E-state index contributed by atoms with van der Waals surface area (Å²) in [5.74, 6) is 0. The Bertz CT molecular complexity index is 381. The summed E-state index contributed by atoms with van der Waals surface area (Å²) < 4.78 is 0.492. The minimum absolute atomic E-state index is 0.492. The van der Waals surface area contributed by atoms with Gasteiger partial charge in [-0.2, -0.15) is 11.8 Å². The lowest BCUT2D eigenvalue weighted by molar-refractivity contribution is 0.379. The smallest absolute Gasteiger partial charge is 0.0900 e. The van der Waals surface area contributed by atoms with Crippen molar-refractivity contribution >= 4 is 23.1 Å². The molecule has 0 saturated heterocycles. The molecule has 4 heteroatoms. The summed E-state index contributed by atoms with van der Waals surface area (Å²) >= 11 is 3.89. The fourth-order valence-corrected chi connectivity index (χ4v) is 4.64. The van der Waals surface area contributed by atoms with E-state index in [4.69, 9.17) is 0 Å². The molecule has 1 aliphatic carbocycles. The van der Waals surface area contributed by atoms with Gasteiger partial charge < -0.3 is 5.32 Å². The van der Waals surface area contributed by atoms with Gasteiger partial charge in [0.05, 0.1) is 10.7 Å². The Hall–Kier alpha value is -0.0600. The van der Waals surface area contributed by atoms with Crippen LogP contribution in [0.3, 0.4) is 0 Å². The van der Waals surface area contributed by atoms with E-state index in [0.717, 1.165) is 13.1 Å². The van der Waals surface area contributed by atoms with E-state index in [0.29, 0.717) is 4.75 Å². The van der Waals surface area contributed by atoms with Crippen LogP contribution in [-0.2, 0) is 6.54 Å². The van der Waals surface area contributed by atoms with Crippen LogP contribution in [-0.4, -0.2) is 22.5 Å². The van der Waals surface area contributed by atoms with E-state index in [1.807, 2.05) is 11.3 Å². The lowest BCUT2D eigenvalue weighted by Gasteiger charge is -2.36. The molecule has 18 heavy (non-hydrogen) atoms. The van der Waals surface area contributed by atoms with Crippen LogP contribution in [0.5, 0.6) is 0 Å². The lowest BCUT2D eigenvalue weighted by Crippen LogP contribution is -2.39. The molecule has 0 amide bonds. The number of thiazole rings is 1. The van der Waals surface area contributed by atoms with Crippen LogP contribution >= 0.6 is 23.1 Å². The van der Waals surface area contributed by atoms with Gasteiger partial charge in [-0.25, -0.2) is 4.98 Å². The van der Waals surface area contributed by atoms with Crippen molar-refractivity contribution < 1.29 is 0 Å². The zero-order chi connectivity index (χ0) is 13.0. The maximum atomic E-state index is 4.49. The van der Waals surface area contributed by atoms with Gasteiger partial charge in [0.25, 0.3) is 0 Å². The molecule has 0 spiro atoms. The van der Waals surface area contributed by atoms with Crippen LogP contribution in [0.15, 0.2) is 0 Å². The van der Waals surface area contributed by atoms with E-state index in [1.54, 1.807) is 0 Å². The fraction of sp³-hybridized carbons (Fsp3) is 0.786. The lowest BCUT2D eigenvalue weighted by atomic mass is 9.88. The fourth-order valence-electron chi connectivity index (χ4n) is 2.79. The second kappa shape index (κ2) is 6.40. The summed E-state index contributed by atoms with van der Waals surface area (Å²) in [6.45, 7) is 6.33. The summed E-state index contributed by atoms with van der Waals surface area (Å²) in [7, 11) is 0. The molecule has 1 N–H and O–H groups in total. The minimum atomic E-state index is 0.492. The van der Waals surface area contributed by atoms with Gasteiger partial charge in [-0.3, -0.25) is 0 Å². The summed E-state index contributed by atoms with van der Waals surface area (Å²) in [5, 5.41) is 4.85. The summed E-state index contributed by atoms with van der Waals surface area (Å²) in [5.41, 5.74) is 1.20. The molecule has 0 atom stereocenters. The number of nitrogens with one attached hydrogen (secondary N) is 1. The molecule has 0 aromatic carbocycles. The second-order valence-corrected chi connectivity index (χ2v) is 7.85. The molecular weight excluding hydrogens is 260 g/mol. The highest BCUT2D eigenvalue weighted by Gasteiger charge is 2.30. The highest BCUT2D eigenvalue weighted by molar-refractivity contribution is 8.00. The third kappa shape index (κ3) is 3.49. The molecule has 0 unspecified atom stereocenters. The van der Waals surface area contributed by atoms with Crippen molar-refractivity contribution in [3.05, 3.63) is 15.6 Å². The molecule has 0 aliphatic heterocycles. The van der Waals surface area contributed by atoms with Crippen molar-refractivity contribution in [1.82, 2.24) is 10.3 Å². The Morgan fingerprint density at radius 1 is 1.28 bits per heavy atom. The largest absolute Gasteiger partial charge is 0.310 e. The van der Waals surface area contributed by atoms with Gasteiger partial charge in [0.2, 0.25) is 0 Å². The van der Waals surface area contributed by atoms with Gasteiger partial charge in [-0.1, -0.05) is 19.3 Å². The Morgan fingerprint density at radius 3 is 2.56 bits per heavy atom. The number of hydrogen-bond donors (Lipinski definition) is 1. The van der Waals surface area contributed by atoms with Crippen molar-refractivity contribution in [2.24, 2.45) is 0 Å². The first-order valence-corrected chi connectivity index (χ1v) is 8.88. The molecule has 0 bridgehead atoms. The van der Waals surface area contributed by atoms with Crippen molar-refractivity contribution in [3.8, 4) is 0 Å². The Labute approximate surface area is 119 Å². The van der Waals surface area contributed by atoms with Crippen LogP contribution in [0.1, 0.15) is 47.7 Å². The summed E-state index contributed by atoms with van der Waals surface area (Å²) in [6, 6.07) is 0. The number of aryl methyl sites for hydroxylation is 2. The average Bonchev–Trinajstić information content (AvgIpc) is 2.69. The van der Waals surface area contributed by atoms with Gasteiger partial charge in [0, 0.05) is 22.7 Å². The predicted molar refractivity (Wildman–Crippen MR) is 82.6 cm³/mol. The maximum absolute atomic E-state index is 4.49. The first-order chi connectivity index (χ1) is 8.65. The highest BCUT2D eigenvalue weighted by atomic mass is 32.2. The van der Waals surface area contributed by atoms with Crippen LogP contribution in [0, 0.1) is 13.8 Å². The molecule has 1 aliphatic rings. The van der Waals surface area contributed by atoms with Gasteiger partial charge >= 0.3 is 0 Å². The molecule has 1 saturated carbocycles. The number of aromatic nitrogens is 1. The van der Waals surface area contributed by atoms with Crippen molar-refractivity contribution in [2.75, 3.05) is 12.8 Å². The Kier molecular flexibility index (Phi) is 5.10. The molecule has 2 nitrogen and oxygen atoms in total. The molecule has 1 fully saturated rings. The van der Waals surface area contributed by atoms with Crippen LogP contribution in [0.4, 0.5) is 0 Å². The number of nitrogens with zero attached hydrogens (tertiary/aromatic N) is 1. The molecular formula is C14H24N2S2. The van der Waals surface area contributed by atoms with E-state index in [1.165, 1.54) is 47.7 Å². The van der Waals surface area contributed by atoms with E-state index in [9.17, 15) is 0 Å². The van der Waals surface area contributed by atoms with Crippen molar-refractivity contribution in [1.29, 1.82) is 0 Å². The zero-order valence-electron chi connectivity index (χ0n) is 11.7. The summed E-state index contributed by atoms with van der Waals surface area (Å²) in [4.78, 5) is 5.89. The number of hydrogen-bond acceptors (Lipinski definition) is 4. The monoisotopic (exact) mass is 284 g/mol. The first-order valence-electron chi connectivity index (χ1n) is 6.84. The molecule has 1 heterocycles. The third-order valence-electron chi connectivity index (χ3n) is 3.93. The Balaban J connectivity index is 1.85. The van der Waals surface area contributed by atoms with E-state index < -0.39 is 0 Å². The van der Waals surface area contributed by atoms with Gasteiger partial charge in [-0.05, 0) is 32.9 Å². The SMILES string of the molecule is CSC1(CNCc2sc(C)nc2C)CCCCC1. The average molecular weight is 284 g/mol. The topological polar surface area (TPSA) is 24.9 Å². The molecule has 2 rings (SSSR count). The van der Waals surface area contributed by atoms with Gasteiger partial charge in [-0.15, -0.1) is 11.3 Å².